The lowest BCUT2D eigenvalue weighted by atomic mass is 10.3. The van der Waals surface area contributed by atoms with Crippen molar-refractivity contribution >= 4 is 39.2 Å². The van der Waals surface area contributed by atoms with Crippen molar-refractivity contribution in [2.75, 3.05) is 26.8 Å². The molecule has 1 N–H and O–H groups in total. The second-order valence-electron chi connectivity index (χ2n) is 3.90. The summed E-state index contributed by atoms with van der Waals surface area (Å²) in [5, 5.41) is 7.77. The van der Waals surface area contributed by atoms with Crippen LogP contribution in [0, 0.1) is 5.82 Å². The van der Waals surface area contributed by atoms with Crippen molar-refractivity contribution in [2.45, 2.75) is 4.90 Å². The van der Waals surface area contributed by atoms with E-state index in [1.165, 1.54) is 7.11 Å². The van der Waals surface area contributed by atoms with Crippen molar-refractivity contribution in [2.24, 2.45) is 0 Å². The summed E-state index contributed by atoms with van der Waals surface area (Å²) in [5.41, 5.74) is 0. The summed E-state index contributed by atoms with van der Waals surface area (Å²) >= 11 is 11.2. The third-order valence-corrected chi connectivity index (χ3v) is 5.14. The molecular weight excluding hydrogens is 348 g/mol. The normalized spacial score (nSPS) is 11.9. The van der Waals surface area contributed by atoms with E-state index in [2.05, 4.69) is 0 Å². The van der Waals surface area contributed by atoms with E-state index >= 15 is 0 Å². The lowest BCUT2D eigenvalue weighted by Crippen LogP contribution is -2.38. The van der Waals surface area contributed by atoms with Gasteiger partial charge in [-0.15, -0.1) is 0 Å². The summed E-state index contributed by atoms with van der Waals surface area (Å²) < 4.78 is 43.7. The first-order valence-corrected chi connectivity index (χ1v) is 7.75. The van der Waals surface area contributed by atoms with E-state index in [1.807, 2.05) is 0 Å². The van der Waals surface area contributed by atoms with Crippen LogP contribution in [0.5, 0.6) is 0 Å². The summed E-state index contributed by atoms with van der Waals surface area (Å²) in [6.45, 7) is -1.04. The third kappa shape index (κ3) is 4.27. The highest BCUT2D eigenvalue weighted by atomic mass is 35.5. The van der Waals surface area contributed by atoms with Gasteiger partial charge in [0.05, 0.1) is 16.7 Å². The van der Waals surface area contributed by atoms with Crippen molar-refractivity contribution < 1.29 is 27.4 Å². The Morgan fingerprint density at radius 1 is 1.43 bits per heavy atom. The van der Waals surface area contributed by atoms with Crippen molar-refractivity contribution in [3.8, 4) is 0 Å². The van der Waals surface area contributed by atoms with Crippen LogP contribution in [-0.2, 0) is 19.6 Å². The van der Waals surface area contributed by atoms with Crippen LogP contribution in [0.1, 0.15) is 0 Å². The van der Waals surface area contributed by atoms with Gasteiger partial charge in [-0.2, -0.15) is 4.31 Å². The highest BCUT2D eigenvalue weighted by Gasteiger charge is 2.30. The standard InChI is InChI=1S/C11H12Cl2FNO5S/c1-20-5-4-15(6-9(16)17)21(18,19)8-3-2-7(12)11(14)10(8)13/h2-3H,4-6H2,1H3,(H,16,17). The number of methoxy groups -OCH3 is 1. The number of ether oxygens (including phenoxy) is 1. The van der Waals surface area contributed by atoms with Gasteiger partial charge in [0, 0.05) is 13.7 Å². The second-order valence-corrected chi connectivity index (χ2v) is 6.59. The second kappa shape index (κ2) is 7.37. The summed E-state index contributed by atoms with van der Waals surface area (Å²) in [7, 11) is -2.96. The maximum atomic E-state index is 13.6. The molecule has 0 aliphatic heterocycles. The summed E-state index contributed by atoms with van der Waals surface area (Å²) in [4.78, 5) is 10.2. The van der Waals surface area contributed by atoms with Gasteiger partial charge in [0.25, 0.3) is 0 Å². The molecule has 0 amide bonds. The van der Waals surface area contributed by atoms with Gasteiger partial charge in [-0.25, -0.2) is 12.8 Å². The molecule has 0 fully saturated rings. The average molecular weight is 360 g/mol. The van der Waals surface area contributed by atoms with Crippen molar-refractivity contribution in [1.82, 2.24) is 4.31 Å². The Morgan fingerprint density at radius 2 is 2.05 bits per heavy atom. The molecule has 1 rings (SSSR count). The van der Waals surface area contributed by atoms with E-state index in [0.717, 1.165) is 12.1 Å². The summed E-state index contributed by atoms with van der Waals surface area (Å²) in [6.07, 6.45) is 0. The summed E-state index contributed by atoms with van der Waals surface area (Å²) in [6, 6.07) is 2.05. The fourth-order valence-corrected chi connectivity index (χ4v) is 3.57. The number of hydrogen-bond acceptors (Lipinski definition) is 4. The lowest BCUT2D eigenvalue weighted by Gasteiger charge is -2.20. The number of carboxylic acid groups (broad SMARTS) is 1. The molecule has 0 aliphatic rings. The van der Waals surface area contributed by atoms with E-state index in [-0.39, 0.29) is 18.2 Å². The van der Waals surface area contributed by atoms with Gasteiger partial charge in [-0.3, -0.25) is 4.79 Å². The molecule has 1 aromatic carbocycles. The SMILES string of the molecule is COCCN(CC(=O)O)S(=O)(=O)c1ccc(Cl)c(F)c1Cl. The van der Waals surface area contributed by atoms with Crippen LogP contribution in [0.4, 0.5) is 4.39 Å². The summed E-state index contributed by atoms with van der Waals surface area (Å²) in [5.74, 6) is -2.44. The smallest absolute Gasteiger partial charge is 0.318 e. The Kier molecular flexibility index (Phi) is 6.36. The minimum Gasteiger partial charge on any atom is -0.480 e. The molecule has 0 heterocycles. The van der Waals surface area contributed by atoms with Gasteiger partial charge in [0.15, 0.2) is 5.82 Å². The number of sulfonamides is 1. The predicted molar refractivity (Wildman–Crippen MR) is 74.7 cm³/mol. The van der Waals surface area contributed by atoms with Gasteiger partial charge in [0.1, 0.15) is 11.4 Å². The van der Waals surface area contributed by atoms with Crippen LogP contribution in [0.3, 0.4) is 0 Å². The van der Waals surface area contributed by atoms with Crippen molar-refractivity contribution in [3.63, 3.8) is 0 Å². The Labute approximate surface area is 131 Å². The van der Waals surface area contributed by atoms with Gasteiger partial charge >= 0.3 is 5.97 Å². The number of nitrogens with zero attached hydrogens (tertiary/aromatic N) is 1. The zero-order chi connectivity index (χ0) is 16.2. The molecule has 0 unspecified atom stereocenters. The first kappa shape index (κ1) is 18.1. The molecule has 10 heteroatoms. The van der Waals surface area contributed by atoms with Crippen LogP contribution in [0.25, 0.3) is 0 Å². The van der Waals surface area contributed by atoms with E-state index in [0.29, 0.717) is 4.31 Å². The van der Waals surface area contributed by atoms with Crippen LogP contribution >= 0.6 is 23.2 Å². The Hall–Kier alpha value is -0.930. The molecule has 6 nitrogen and oxygen atoms in total. The Morgan fingerprint density at radius 3 is 2.57 bits per heavy atom. The fourth-order valence-electron chi connectivity index (χ4n) is 1.47. The first-order chi connectivity index (χ1) is 9.71. The number of benzene rings is 1. The molecule has 0 radical (unpaired) electrons. The Balaban J connectivity index is 3.28. The molecule has 0 bridgehead atoms. The topological polar surface area (TPSA) is 83.9 Å². The number of carboxylic acids is 1. The minimum absolute atomic E-state index is 0.0276. The largest absolute Gasteiger partial charge is 0.480 e. The third-order valence-electron chi connectivity index (χ3n) is 2.47. The zero-order valence-electron chi connectivity index (χ0n) is 10.8. The molecule has 0 saturated heterocycles. The van der Waals surface area contributed by atoms with Crippen LogP contribution < -0.4 is 0 Å². The maximum absolute atomic E-state index is 13.6. The highest BCUT2D eigenvalue weighted by molar-refractivity contribution is 7.89. The minimum atomic E-state index is -4.30. The molecule has 0 atom stereocenters. The molecular formula is C11H12Cl2FNO5S. The molecule has 21 heavy (non-hydrogen) atoms. The number of halogens is 3. The zero-order valence-corrected chi connectivity index (χ0v) is 13.2. The van der Waals surface area contributed by atoms with Crippen LogP contribution in [0.2, 0.25) is 10.0 Å². The van der Waals surface area contributed by atoms with E-state index in [4.69, 9.17) is 33.0 Å². The number of aliphatic carboxylic acids is 1. The average Bonchev–Trinajstić information content (AvgIpc) is 2.40. The highest BCUT2D eigenvalue weighted by Crippen LogP contribution is 2.31. The van der Waals surface area contributed by atoms with Crippen molar-refractivity contribution in [3.05, 3.63) is 28.0 Å². The first-order valence-electron chi connectivity index (χ1n) is 5.56. The molecule has 0 spiro atoms. The Bertz CT molecular complexity index is 638. The van der Waals surface area contributed by atoms with E-state index in [1.54, 1.807) is 0 Å². The molecule has 0 aliphatic carbocycles. The van der Waals surface area contributed by atoms with Gasteiger partial charge in [0.2, 0.25) is 10.0 Å². The molecule has 0 aromatic heterocycles. The quantitative estimate of drug-likeness (QED) is 0.751. The fraction of sp³-hybridized carbons (Fsp3) is 0.364. The van der Waals surface area contributed by atoms with Gasteiger partial charge in [-0.1, -0.05) is 23.2 Å². The van der Waals surface area contributed by atoms with Gasteiger partial charge < -0.3 is 9.84 Å². The van der Waals surface area contributed by atoms with E-state index in [9.17, 15) is 17.6 Å². The number of rotatable bonds is 7. The van der Waals surface area contributed by atoms with Gasteiger partial charge in [-0.05, 0) is 12.1 Å². The van der Waals surface area contributed by atoms with E-state index < -0.39 is 38.3 Å². The van der Waals surface area contributed by atoms with Crippen LogP contribution in [0.15, 0.2) is 17.0 Å². The van der Waals surface area contributed by atoms with Crippen LogP contribution in [-0.4, -0.2) is 50.6 Å². The van der Waals surface area contributed by atoms with Crippen molar-refractivity contribution in [1.29, 1.82) is 0 Å². The number of hydrogen-bond donors (Lipinski definition) is 1. The lowest BCUT2D eigenvalue weighted by molar-refractivity contribution is -0.137. The number of carbonyl (C=O) groups is 1. The molecule has 1 aromatic rings. The maximum Gasteiger partial charge on any atom is 0.318 e. The monoisotopic (exact) mass is 359 g/mol. The predicted octanol–water partition coefficient (Wildman–Crippen LogP) is 1.85. The molecule has 0 saturated carbocycles. The molecule has 118 valence electrons.